The summed E-state index contributed by atoms with van der Waals surface area (Å²) >= 11 is 0. The Morgan fingerprint density at radius 2 is 1.66 bits per heavy atom. The van der Waals surface area contributed by atoms with E-state index in [0.717, 1.165) is 37.3 Å². The molecule has 0 aliphatic carbocycles. The van der Waals surface area contributed by atoms with Crippen LogP contribution in [0.3, 0.4) is 0 Å². The molecule has 7 heteroatoms. The van der Waals surface area contributed by atoms with Crippen LogP contribution in [0.5, 0.6) is 0 Å². The van der Waals surface area contributed by atoms with Crippen LogP contribution in [0.1, 0.15) is 47.4 Å². The summed E-state index contributed by atoms with van der Waals surface area (Å²) in [7, 11) is 0. The van der Waals surface area contributed by atoms with Crippen molar-refractivity contribution in [2.75, 3.05) is 18.4 Å². The van der Waals surface area contributed by atoms with Crippen LogP contribution < -0.4 is 5.32 Å². The Kier molecular flexibility index (Phi) is 6.43. The van der Waals surface area contributed by atoms with Crippen LogP contribution in [0.25, 0.3) is 0 Å². The minimum absolute atomic E-state index is 0.176. The fourth-order valence-corrected chi connectivity index (χ4v) is 4.81. The predicted octanol–water partition coefficient (Wildman–Crippen LogP) is 6.55. The van der Waals surface area contributed by atoms with Crippen molar-refractivity contribution in [2.24, 2.45) is 4.99 Å². The van der Waals surface area contributed by atoms with Gasteiger partial charge in [-0.1, -0.05) is 55.0 Å². The summed E-state index contributed by atoms with van der Waals surface area (Å²) in [6.07, 6.45) is -0.720. The molecule has 0 aromatic heterocycles. The van der Waals surface area contributed by atoms with Gasteiger partial charge in [0.2, 0.25) is 5.91 Å². The summed E-state index contributed by atoms with van der Waals surface area (Å²) in [6, 6.07) is 20.6. The van der Waals surface area contributed by atoms with Gasteiger partial charge >= 0.3 is 6.18 Å². The molecule has 2 aliphatic rings. The summed E-state index contributed by atoms with van der Waals surface area (Å²) in [5.74, 6) is -1.19. The average Bonchev–Trinajstić information content (AvgIpc) is 3.19. The summed E-state index contributed by atoms with van der Waals surface area (Å²) in [5.41, 5.74) is 3.03. The van der Waals surface area contributed by atoms with Crippen LogP contribution in [-0.2, 0) is 17.5 Å². The molecule has 4 nitrogen and oxygen atoms in total. The van der Waals surface area contributed by atoms with Crippen LogP contribution in [0, 0.1) is 0 Å². The van der Waals surface area contributed by atoms with Crippen molar-refractivity contribution in [3.8, 4) is 0 Å². The first-order chi connectivity index (χ1) is 16.9. The van der Waals surface area contributed by atoms with Crippen molar-refractivity contribution in [3.05, 3.63) is 95.1 Å². The van der Waals surface area contributed by atoms with Gasteiger partial charge in [0.05, 0.1) is 17.0 Å². The molecule has 1 unspecified atom stereocenters. The molecule has 1 amide bonds. The first kappa shape index (κ1) is 23.3. The van der Waals surface area contributed by atoms with Gasteiger partial charge in [-0.25, -0.2) is 0 Å². The highest BCUT2D eigenvalue weighted by Crippen LogP contribution is 2.40. The summed E-state index contributed by atoms with van der Waals surface area (Å²) in [6.45, 7) is 3.13. The van der Waals surface area contributed by atoms with Gasteiger partial charge in [-0.3, -0.25) is 14.7 Å². The van der Waals surface area contributed by atoms with Gasteiger partial charge < -0.3 is 5.32 Å². The number of halogens is 3. The Balaban J connectivity index is 1.48. The van der Waals surface area contributed by atoms with Gasteiger partial charge in [-0.15, -0.1) is 0 Å². The van der Waals surface area contributed by atoms with E-state index >= 15 is 0 Å². The second-order valence-corrected chi connectivity index (χ2v) is 9.09. The second-order valence-electron chi connectivity index (χ2n) is 9.09. The lowest BCUT2D eigenvalue weighted by molar-refractivity contribution is -0.137. The van der Waals surface area contributed by atoms with E-state index in [1.807, 2.05) is 54.6 Å². The van der Waals surface area contributed by atoms with Crippen LogP contribution in [0.15, 0.2) is 77.8 Å². The number of fused-ring (bicyclic) bond motifs is 1. The van der Waals surface area contributed by atoms with Crippen molar-refractivity contribution in [1.29, 1.82) is 0 Å². The minimum atomic E-state index is -4.48. The molecule has 3 aromatic rings. The van der Waals surface area contributed by atoms with Crippen molar-refractivity contribution in [1.82, 2.24) is 4.90 Å². The minimum Gasteiger partial charge on any atom is -0.325 e. The topological polar surface area (TPSA) is 44.7 Å². The molecule has 0 saturated carbocycles. The molecule has 180 valence electrons. The second kappa shape index (κ2) is 9.66. The molecule has 1 fully saturated rings. The number of amides is 1. The van der Waals surface area contributed by atoms with Crippen LogP contribution >= 0.6 is 0 Å². The third-order valence-electron chi connectivity index (χ3n) is 6.60. The number of nitrogens with zero attached hydrogens (tertiary/aromatic N) is 2. The van der Waals surface area contributed by atoms with Crippen molar-refractivity contribution >= 4 is 23.0 Å². The Bertz CT molecular complexity index is 1230. The number of alkyl halides is 3. The number of hydrogen-bond acceptors (Lipinski definition) is 3. The molecule has 2 aliphatic heterocycles. The third-order valence-corrected chi connectivity index (χ3v) is 6.60. The van der Waals surface area contributed by atoms with E-state index in [4.69, 9.17) is 4.99 Å². The molecule has 0 bridgehead atoms. The molecule has 35 heavy (non-hydrogen) atoms. The predicted molar refractivity (Wildman–Crippen MR) is 131 cm³/mol. The van der Waals surface area contributed by atoms with Crippen molar-refractivity contribution in [2.45, 2.75) is 37.9 Å². The highest BCUT2D eigenvalue weighted by atomic mass is 19.4. The number of rotatable bonds is 5. The van der Waals surface area contributed by atoms with Gasteiger partial charge in [0.1, 0.15) is 5.92 Å². The maximum Gasteiger partial charge on any atom is 0.416 e. The normalized spacial score (nSPS) is 18.9. The lowest BCUT2D eigenvalue weighted by Crippen LogP contribution is -2.28. The Morgan fingerprint density at radius 1 is 0.943 bits per heavy atom. The molecule has 3 aromatic carbocycles. The molecule has 0 radical (unpaired) electrons. The fourth-order valence-electron chi connectivity index (χ4n) is 4.81. The van der Waals surface area contributed by atoms with Crippen LogP contribution in [0.4, 0.5) is 24.5 Å². The van der Waals surface area contributed by atoms with E-state index in [1.54, 1.807) is 0 Å². The number of piperidine rings is 1. The van der Waals surface area contributed by atoms with E-state index in [2.05, 4.69) is 10.2 Å². The van der Waals surface area contributed by atoms with E-state index < -0.39 is 17.7 Å². The Morgan fingerprint density at radius 3 is 2.34 bits per heavy atom. The molecule has 5 rings (SSSR count). The highest BCUT2D eigenvalue weighted by molar-refractivity contribution is 6.24. The molecule has 2 heterocycles. The van der Waals surface area contributed by atoms with Gasteiger partial charge in [0.25, 0.3) is 0 Å². The Hall–Kier alpha value is -3.45. The van der Waals surface area contributed by atoms with Crippen molar-refractivity contribution < 1.29 is 18.0 Å². The average molecular weight is 478 g/mol. The molecule has 0 spiro atoms. The largest absolute Gasteiger partial charge is 0.416 e. The number of nitrogens with one attached hydrogen (secondary N) is 1. The number of likely N-dealkylation sites (tertiary alicyclic amines) is 1. The zero-order valence-corrected chi connectivity index (χ0v) is 19.2. The maximum absolute atomic E-state index is 13.2. The van der Waals surface area contributed by atoms with Gasteiger partial charge in [-0.05, 0) is 66.9 Å². The number of benzene rings is 3. The lowest BCUT2D eigenvalue weighted by atomic mass is 9.90. The van der Waals surface area contributed by atoms with E-state index in [-0.39, 0.29) is 11.6 Å². The van der Waals surface area contributed by atoms with E-state index in [1.165, 1.54) is 30.9 Å². The molecule has 1 N–H and O–H groups in total. The standard InChI is InChI=1S/C28H26F3N3O/c29-28(30,31)21-11-14-23-24(17-21)33-27(35)25(23)26(20-7-3-1-4-8-20)32-22-12-9-19(10-13-22)18-34-15-5-2-6-16-34/h1,3-4,7-14,17,25H,2,5-6,15-16,18H2,(H,33,35). The van der Waals surface area contributed by atoms with Crippen LogP contribution in [-0.4, -0.2) is 29.6 Å². The Labute approximate surface area is 202 Å². The monoisotopic (exact) mass is 477 g/mol. The van der Waals surface area contributed by atoms with E-state index in [0.29, 0.717) is 17.0 Å². The van der Waals surface area contributed by atoms with Gasteiger partial charge in [0.15, 0.2) is 0 Å². The first-order valence-electron chi connectivity index (χ1n) is 11.9. The van der Waals surface area contributed by atoms with Gasteiger partial charge in [-0.2, -0.15) is 13.2 Å². The van der Waals surface area contributed by atoms with Crippen molar-refractivity contribution in [3.63, 3.8) is 0 Å². The molecule has 1 saturated heterocycles. The lowest BCUT2D eigenvalue weighted by Gasteiger charge is -2.26. The molecular formula is C28H26F3N3O. The van der Waals surface area contributed by atoms with Crippen LogP contribution in [0.2, 0.25) is 0 Å². The number of carbonyl (C=O) groups is 1. The summed E-state index contributed by atoms with van der Waals surface area (Å²) < 4.78 is 39.6. The SMILES string of the molecule is O=C1Nc2cc(C(F)(F)F)ccc2C1C(=Nc1ccc(CN2CCCCC2)cc1)c1ccccc1. The summed E-state index contributed by atoms with van der Waals surface area (Å²) in [4.78, 5) is 20.3. The smallest absolute Gasteiger partial charge is 0.325 e. The fraction of sp³-hybridized carbons (Fsp3) is 0.286. The highest BCUT2D eigenvalue weighted by Gasteiger charge is 2.38. The van der Waals surface area contributed by atoms with Gasteiger partial charge in [0, 0.05) is 12.2 Å². The maximum atomic E-state index is 13.2. The molecular weight excluding hydrogens is 451 g/mol. The number of hydrogen-bond donors (Lipinski definition) is 1. The zero-order chi connectivity index (χ0) is 24.4. The first-order valence-corrected chi connectivity index (χ1v) is 11.9. The third kappa shape index (κ3) is 5.15. The number of anilines is 1. The number of carbonyl (C=O) groups excluding carboxylic acids is 1. The van der Waals surface area contributed by atoms with E-state index in [9.17, 15) is 18.0 Å². The zero-order valence-electron chi connectivity index (χ0n) is 19.2. The quantitative estimate of drug-likeness (QED) is 0.424. The summed E-state index contributed by atoms with van der Waals surface area (Å²) in [5, 5.41) is 2.63. The molecule has 1 atom stereocenters. The number of aliphatic imine (C=N–C) groups is 1.